The summed E-state index contributed by atoms with van der Waals surface area (Å²) in [6.07, 6.45) is 10.9. The molecule has 3 atom stereocenters. The van der Waals surface area contributed by atoms with Gasteiger partial charge in [-0.25, -0.2) is 0 Å². The highest BCUT2D eigenvalue weighted by atomic mass is 79.9. The van der Waals surface area contributed by atoms with Gasteiger partial charge >= 0.3 is 0 Å². The minimum Gasteiger partial charge on any atom is -0.307 e. The smallest absolute Gasteiger partial charge is 0.0704 e. The molecule has 1 aliphatic carbocycles. The molecule has 2 aliphatic heterocycles. The van der Waals surface area contributed by atoms with Gasteiger partial charge in [-0.3, -0.25) is 0 Å². The van der Waals surface area contributed by atoms with Gasteiger partial charge in [0.15, 0.2) is 0 Å². The number of nitrogens with one attached hydrogen (secondary N) is 1. The molecule has 1 aromatic heterocycles. The van der Waals surface area contributed by atoms with E-state index in [-0.39, 0.29) is 0 Å². The number of piperidine rings is 2. The second-order valence-electron chi connectivity index (χ2n) is 7.11. The normalized spacial score (nSPS) is 36.5. The first-order valence-electron chi connectivity index (χ1n) is 8.47. The van der Waals surface area contributed by atoms with Crippen LogP contribution in [-0.2, 0) is 6.42 Å². The van der Waals surface area contributed by atoms with E-state index in [0.717, 1.165) is 18.1 Å². The molecule has 0 aromatic carbocycles. The van der Waals surface area contributed by atoms with Crippen molar-refractivity contribution in [2.75, 3.05) is 7.05 Å². The van der Waals surface area contributed by atoms with Crippen LogP contribution >= 0.6 is 27.3 Å². The van der Waals surface area contributed by atoms with Crippen LogP contribution in [0.15, 0.2) is 9.85 Å². The van der Waals surface area contributed by atoms with E-state index in [1.807, 2.05) is 11.3 Å². The molecule has 0 amide bonds. The van der Waals surface area contributed by atoms with Gasteiger partial charge in [-0.15, -0.1) is 11.3 Å². The summed E-state index contributed by atoms with van der Waals surface area (Å²) in [5, 5.41) is 4.04. The Morgan fingerprint density at radius 1 is 1.19 bits per heavy atom. The Hall–Kier alpha value is 0.100. The zero-order chi connectivity index (χ0) is 14.4. The van der Waals surface area contributed by atoms with Crippen molar-refractivity contribution >= 4 is 27.3 Å². The van der Waals surface area contributed by atoms with Crippen LogP contribution in [0.2, 0.25) is 0 Å². The lowest BCUT2D eigenvalue weighted by Crippen LogP contribution is -2.55. The molecule has 1 aromatic rings. The molecule has 2 bridgehead atoms. The van der Waals surface area contributed by atoms with E-state index < -0.39 is 0 Å². The van der Waals surface area contributed by atoms with Crippen molar-refractivity contribution in [3.05, 3.63) is 20.3 Å². The number of fused-ring (bicyclic) bond motifs is 3. The van der Waals surface area contributed by atoms with E-state index in [0.29, 0.717) is 6.04 Å². The van der Waals surface area contributed by atoms with Crippen molar-refractivity contribution in [1.29, 1.82) is 0 Å². The molecular weight excluding hydrogens is 344 g/mol. The Bertz CT molecular complexity index is 501. The first-order valence-corrected chi connectivity index (χ1v) is 10.1. The van der Waals surface area contributed by atoms with Crippen molar-refractivity contribution in [1.82, 2.24) is 10.2 Å². The summed E-state index contributed by atoms with van der Waals surface area (Å²) in [5.41, 5.74) is 1.59. The van der Waals surface area contributed by atoms with Gasteiger partial charge in [0.25, 0.3) is 0 Å². The highest BCUT2D eigenvalue weighted by molar-refractivity contribution is 9.11. The maximum absolute atomic E-state index is 4.04. The van der Waals surface area contributed by atoms with Crippen molar-refractivity contribution < 1.29 is 0 Å². The Morgan fingerprint density at radius 3 is 2.71 bits per heavy atom. The molecule has 21 heavy (non-hydrogen) atoms. The lowest BCUT2D eigenvalue weighted by atomic mass is 9.81. The minimum absolute atomic E-state index is 0.602. The fourth-order valence-corrected chi connectivity index (χ4v) is 6.55. The standard InChI is InChI=1S/C17H25BrN2S/c1-20-12-4-2-5-13(20)9-11(8-12)19-15-6-3-7-16-14(15)10-17(18)21-16/h10-13,15,19H,2-9H2,1H3. The van der Waals surface area contributed by atoms with E-state index in [9.17, 15) is 0 Å². The predicted molar refractivity (Wildman–Crippen MR) is 93.0 cm³/mol. The molecule has 2 nitrogen and oxygen atoms in total. The Labute approximate surface area is 140 Å². The average Bonchev–Trinajstić information content (AvgIpc) is 2.81. The summed E-state index contributed by atoms with van der Waals surface area (Å²) in [5.74, 6) is 0. The fourth-order valence-electron chi connectivity index (χ4n) is 4.73. The van der Waals surface area contributed by atoms with Gasteiger partial charge in [0, 0.05) is 29.0 Å². The van der Waals surface area contributed by atoms with Gasteiger partial charge < -0.3 is 10.2 Å². The summed E-state index contributed by atoms with van der Waals surface area (Å²) >= 11 is 5.62. The van der Waals surface area contributed by atoms with Crippen LogP contribution < -0.4 is 5.32 Å². The first-order chi connectivity index (χ1) is 10.2. The number of thiophene rings is 1. The van der Waals surface area contributed by atoms with Crippen molar-refractivity contribution in [2.45, 2.75) is 75.5 Å². The van der Waals surface area contributed by atoms with Crippen LogP contribution in [0.5, 0.6) is 0 Å². The molecule has 116 valence electrons. The van der Waals surface area contributed by atoms with E-state index >= 15 is 0 Å². The summed E-state index contributed by atoms with van der Waals surface area (Å²) < 4.78 is 1.31. The highest BCUT2D eigenvalue weighted by Gasteiger charge is 2.37. The summed E-state index contributed by atoms with van der Waals surface area (Å²) in [4.78, 5) is 4.27. The van der Waals surface area contributed by atoms with E-state index in [1.165, 1.54) is 55.2 Å². The Balaban J connectivity index is 1.47. The molecule has 0 saturated carbocycles. The Morgan fingerprint density at radius 2 is 1.95 bits per heavy atom. The summed E-state index contributed by atoms with van der Waals surface area (Å²) in [7, 11) is 2.35. The van der Waals surface area contributed by atoms with Gasteiger partial charge in [-0.2, -0.15) is 0 Å². The lowest BCUT2D eigenvalue weighted by Gasteiger charge is -2.48. The van der Waals surface area contributed by atoms with Crippen molar-refractivity contribution in [3.8, 4) is 0 Å². The fraction of sp³-hybridized carbons (Fsp3) is 0.765. The molecule has 3 aliphatic rings. The van der Waals surface area contributed by atoms with Gasteiger partial charge in [-0.05, 0) is 79.6 Å². The van der Waals surface area contributed by atoms with Crippen LogP contribution in [0.4, 0.5) is 0 Å². The number of hydrogen-bond donors (Lipinski definition) is 1. The molecule has 2 fully saturated rings. The third-order valence-corrected chi connectivity index (χ3v) is 7.57. The zero-order valence-electron chi connectivity index (χ0n) is 12.8. The lowest BCUT2D eigenvalue weighted by molar-refractivity contribution is 0.0452. The second-order valence-corrected chi connectivity index (χ2v) is 9.63. The van der Waals surface area contributed by atoms with Gasteiger partial charge in [0.1, 0.15) is 0 Å². The average molecular weight is 369 g/mol. The third kappa shape index (κ3) is 2.85. The van der Waals surface area contributed by atoms with E-state index in [2.05, 4.69) is 39.3 Å². The quantitative estimate of drug-likeness (QED) is 0.826. The molecule has 2 saturated heterocycles. The first kappa shape index (κ1) is 14.7. The van der Waals surface area contributed by atoms with Crippen LogP contribution in [0.1, 0.15) is 61.4 Å². The highest BCUT2D eigenvalue weighted by Crippen LogP contribution is 2.40. The number of halogens is 1. The van der Waals surface area contributed by atoms with Crippen LogP contribution in [0.3, 0.4) is 0 Å². The largest absolute Gasteiger partial charge is 0.307 e. The SMILES string of the molecule is CN1C2CCCC1CC(NC1CCCc3sc(Br)cc31)C2. The molecule has 3 unspecified atom stereocenters. The molecule has 1 N–H and O–H groups in total. The topological polar surface area (TPSA) is 15.3 Å². The summed E-state index contributed by atoms with van der Waals surface area (Å²) in [6, 6.07) is 5.35. The van der Waals surface area contributed by atoms with Gasteiger partial charge in [-0.1, -0.05) is 6.42 Å². The zero-order valence-corrected chi connectivity index (χ0v) is 15.2. The van der Waals surface area contributed by atoms with E-state index in [1.54, 1.807) is 10.4 Å². The maximum Gasteiger partial charge on any atom is 0.0704 e. The van der Waals surface area contributed by atoms with Gasteiger partial charge in [0.2, 0.25) is 0 Å². The molecule has 0 spiro atoms. The van der Waals surface area contributed by atoms with Gasteiger partial charge in [0.05, 0.1) is 3.79 Å². The van der Waals surface area contributed by atoms with Crippen molar-refractivity contribution in [2.24, 2.45) is 0 Å². The second kappa shape index (κ2) is 5.95. The van der Waals surface area contributed by atoms with Crippen LogP contribution in [-0.4, -0.2) is 30.1 Å². The number of rotatable bonds is 2. The number of aryl methyl sites for hydroxylation is 1. The predicted octanol–water partition coefficient (Wildman–Crippen LogP) is 4.49. The van der Waals surface area contributed by atoms with Crippen LogP contribution in [0.25, 0.3) is 0 Å². The molecular formula is C17H25BrN2S. The summed E-state index contributed by atoms with van der Waals surface area (Å²) in [6.45, 7) is 0. The monoisotopic (exact) mass is 368 g/mol. The Kier molecular flexibility index (Phi) is 4.16. The third-order valence-electron chi connectivity index (χ3n) is 5.86. The minimum atomic E-state index is 0.602. The molecule has 3 heterocycles. The van der Waals surface area contributed by atoms with E-state index in [4.69, 9.17) is 0 Å². The molecule has 4 heteroatoms. The maximum atomic E-state index is 4.04. The van der Waals surface area contributed by atoms with Crippen LogP contribution in [0, 0.1) is 0 Å². The molecule has 4 rings (SSSR count). The number of nitrogens with zero attached hydrogens (tertiary/aromatic N) is 1. The number of hydrogen-bond acceptors (Lipinski definition) is 3. The molecule has 0 radical (unpaired) electrons. The van der Waals surface area contributed by atoms with Crippen molar-refractivity contribution in [3.63, 3.8) is 0 Å².